The van der Waals surface area contributed by atoms with E-state index >= 15 is 0 Å². The van der Waals surface area contributed by atoms with E-state index in [0.29, 0.717) is 24.8 Å². The highest BCUT2D eigenvalue weighted by atomic mass is 32.2. The average molecular weight is 469 g/mol. The van der Waals surface area contributed by atoms with Crippen molar-refractivity contribution in [1.82, 2.24) is 29.4 Å². The smallest absolute Gasteiger partial charge is 0.246 e. The molecule has 33 heavy (non-hydrogen) atoms. The summed E-state index contributed by atoms with van der Waals surface area (Å²) in [6, 6.07) is 14.8. The minimum Gasteiger partial charge on any atom is -0.338 e. The SMILES string of the molecule is Cc1ccc(S(=O)(=O)N2CCN(C(=O)Cn3nnc(-c4ccc(C(C)C)cc4)n3)CC2)cc1. The number of carbonyl (C=O) groups excluding carboxylic acids is 1. The molecule has 1 fully saturated rings. The van der Waals surface area contributed by atoms with Gasteiger partial charge in [0.25, 0.3) is 0 Å². The Bertz CT molecular complexity index is 1210. The third-order valence-corrected chi connectivity index (χ3v) is 7.73. The van der Waals surface area contributed by atoms with Crippen LogP contribution in [0.15, 0.2) is 53.4 Å². The number of carbonyl (C=O) groups is 1. The van der Waals surface area contributed by atoms with Crippen molar-refractivity contribution < 1.29 is 13.2 Å². The first kappa shape index (κ1) is 23.1. The first-order valence-electron chi connectivity index (χ1n) is 11.0. The lowest BCUT2D eigenvalue weighted by molar-refractivity contribution is -0.133. The van der Waals surface area contributed by atoms with Crippen LogP contribution in [-0.2, 0) is 21.4 Å². The number of nitrogens with zero attached hydrogens (tertiary/aromatic N) is 6. The number of benzene rings is 2. The van der Waals surface area contributed by atoms with E-state index in [1.807, 2.05) is 31.2 Å². The van der Waals surface area contributed by atoms with E-state index < -0.39 is 10.0 Å². The molecule has 1 amide bonds. The minimum absolute atomic E-state index is 0.0399. The molecule has 3 aromatic rings. The van der Waals surface area contributed by atoms with Crippen LogP contribution in [0.1, 0.15) is 30.9 Å². The molecule has 1 aliphatic heterocycles. The molecule has 0 unspecified atom stereocenters. The van der Waals surface area contributed by atoms with Crippen LogP contribution in [0.5, 0.6) is 0 Å². The molecule has 0 N–H and O–H groups in total. The van der Waals surface area contributed by atoms with E-state index in [1.54, 1.807) is 29.2 Å². The summed E-state index contributed by atoms with van der Waals surface area (Å²) in [7, 11) is -3.57. The highest BCUT2D eigenvalue weighted by molar-refractivity contribution is 7.89. The molecule has 9 nitrogen and oxygen atoms in total. The molecular formula is C23H28N6O3S. The molecule has 0 bridgehead atoms. The molecule has 0 atom stereocenters. The second-order valence-electron chi connectivity index (χ2n) is 8.52. The number of aryl methyl sites for hydroxylation is 1. The van der Waals surface area contributed by atoms with Crippen LogP contribution in [0.4, 0.5) is 0 Å². The van der Waals surface area contributed by atoms with Crippen LogP contribution in [0, 0.1) is 6.92 Å². The van der Waals surface area contributed by atoms with E-state index in [9.17, 15) is 13.2 Å². The van der Waals surface area contributed by atoms with Crippen molar-refractivity contribution in [1.29, 1.82) is 0 Å². The summed E-state index contributed by atoms with van der Waals surface area (Å²) < 4.78 is 27.1. The van der Waals surface area contributed by atoms with Crippen molar-refractivity contribution in [2.24, 2.45) is 0 Å². The van der Waals surface area contributed by atoms with Crippen molar-refractivity contribution in [3.8, 4) is 11.4 Å². The van der Waals surface area contributed by atoms with Gasteiger partial charge in [-0.3, -0.25) is 4.79 Å². The van der Waals surface area contributed by atoms with Gasteiger partial charge in [0.15, 0.2) is 0 Å². The molecule has 1 aliphatic rings. The molecule has 0 spiro atoms. The zero-order valence-electron chi connectivity index (χ0n) is 19.0. The van der Waals surface area contributed by atoms with Crippen molar-refractivity contribution in [2.75, 3.05) is 26.2 Å². The molecule has 174 valence electrons. The molecule has 0 aliphatic carbocycles. The van der Waals surface area contributed by atoms with Crippen LogP contribution in [-0.4, -0.2) is 69.9 Å². The fourth-order valence-electron chi connectivity index (χ4n) is 3.70. The predicted octanol–water partition coefficient (Wildman–Crippen LogP) is 2.31. The van der Waals surface area contributed by atoms with Crippen molar-refractivity contribution in [3.63, 3.8) is 0 Å². The van der Waals surface area contributed by atoms with E-state index in [-0.39, 0.29) is 30.4 Å². The lowest BCUT2D eigenvalue weighted by Crippen LogP contribution is -2.51. The summed E-state index contributed by atoms with van der Waals surface area (Å²) in [4.78, 5) is 15.9. The third-order valence-electron chi connectivity index (χ3n) is 5.82. The second-order valence-corrected chi connectivity index (χ2v) is 10.5. The number of hydrogen-bond acceptors (Lipinski definition) is 6. The maximum Gasteiger partial charge on any atom is 0.246 e. The van der Waals surface area contributed by atoms with E-state index in [2.05, 4.69) is 29.3 Å². The highest BCUT2D eigenvalue weighted by Crippen LogP contribution is 2.20. The van der Waals surface area contributed by atoms with Gasteiger partial charge in [0.2, 0.25) is 21.8 Å². The third kappa shape index (κ3) is 5.12. The van der Waals surface area contributed by atoms with Crippen molar-refractivity contribution in [2.45, 2.75) is 38.1 Å². The van der Waals surface area contributed by atoms with Gasteiger partial charge in [0.1, 0.15) is 6.54 Å². The Kier molecular flexibility index (Phi) is 6.57. The Balaban J connectivity index is 1.34. The summed E-state index contributed by atoms with van der Waals surface area (Å²) in [6.45, 7) is 7.28. The van der Waals surface area contributed by atoms with Gasteiger partial charge in [-0.05, 0) is 35.8 Å². The van der Waals surface area contributed by atoms with Crippen molar-refractivity contribution >= 4 is 15.9 Å². The molecule has 1 aromatic heterocycles. The van der Waals surface area contributed by atoms with Crippen LogP contribution < -0.4 is 0 Å². The van der Waals surface area contributed by atoms with Crippen LogP contribution in [0.3, 0.4) is 0 Å². The summed E-state index contributed by atoms with van der Waals surface area (Å²) in [5, 5.41) is 12.4. The fourth-order valence-corrected chi connectivity index (χ4v) is 5.12. The van der Waals surface area contributed by atoms with Crippen molar-refractivity contribution in [3.05, 3.63) is 59.7 Å². The maximum absolute atomic E-state index is 12.9. The number of amides is 1. The summed E-state index contributed by atoms with van der Waals surface area (Å²) in [5.74, 6) is 0.737. The molecule has 0 saturated carbocycles. The zero-order valence-corrected chi connectivity index (χ0v) is 19.9. The fraction of sp³-hybridized carbons (Fsp3) is 0.391. The zero-order chi connectivity index (χ0) is 23.6. The lowest BCUT2D eigenvalue weighted by Gasteiger charge is -2.33. The standard InChI is InChI=1S/C23H28N6O3S/c1-17(2)19-6-8-20(9-7-19)23-24-26-29(25-23)16-22(30)27-12-14-28(15-13-27)33(31,32)21-10-4-18(3)5-11-21/h4-11,17H,12-16H2,1-3H3. The number of hydrogen-bond donors (Lipinski definition) is 0. The Labute approximate surface area is 194 Å². The van der Waals surface area contributed by atoms with E-state index in [0.717, 1.165) is 11.1 Å². The Morgan fingerprint density at radius 1 is 0.970 bits per heavy atom. The molecule has 0 radical (unpaired) electrons. The molecule has 4 rings (SSSR count). The molecule has 2 aromatic carbocycles. The Hall–Kier alpha value is -3.11. The van der Waals surface area contributed by atoms with Gasteiger partial charge in [0.05, 0.1) is 4.90 Å². The normalized spacial score (nSPS) is 15.2. The number of piperazine rings is 1. The van der Waals surface area contributed by atoms with Gasteiger partial charge in [-0.1, -0.05) is 55.8 Å². The maximum atomic E-state index is 12.9. The number of tetrazole rings is 1. The van der Waals surface area contributed by atoms with Crippen LogP contribution in [0.25, 0.3) is 11.4 Å². The van der Waals surface area contributed by atoms with Gasteiger partial charge in [-0.15, -0.1) is 10.2 Å². The molecule has 2 heterocycles. The Morgan fingerprint density at radius 3 is 2.21 bits per heavy atom. The highest BCUT2D eigenvalue weighted by Gasteiger charge is 2.30. The van der Waals surface area contributed by atoms with E-state index in [4.69, 9.17) is 0 Å². The predicted molar refractivity (Wildman–Crippen MR) is 124 cm³/mol. The van der Waals surface area contributed by atoms with Crippen LogP contribution >= 0.6 is 0 Å². The van der Waals surface area contributed by atoms with Gasteiger partial charge in [0, 0.05) is 31.7 Å². The topological polar surface area (TPSA) is 101 Å². The first-order valence-corrected chi connectivity index (χ1v) is 12.4. The summed E-state index contributed by atoms with van der Waals surface area (Å²) in [6.07, 6.45) is 0. The monoisotopic (exact) mass is 468 g/mol. The largest absolute Gasteiger partial charge is 0.338 e. The molecular weight excluding hydrogens is 440 g/mol. The minimum atomic E-state index is -3.57. The summed E-state index contributed by atoms with van der Waals surface area (Å²) >= 11 is 0. The quantitative estimate of drug-likeness (QED) is 0.550. The van der Waals surface area contributed by atoms with Gasteiger partial charge in [-0.25, -0.2) is 8.42 Å². The molecule has 10 heteroatoms. The number of sulfonamides is 1. The van der Waals surface area contributed by atoms with Crippen LogP contribution in [0.2, 0.25) is 0 Å². The van der Waals surface area contributed by atoms with E-state index in [1.165, 1.54) is 14.7 Å². The molecule has 1 saturated heterocycles. The van der Waals surface area contributed by atoms with Gasteiger partial charge < -0.3 is 4.90 Å². The summed E-state index contributed by atoms with van der Waals surface area (Å²) in [5.41, 5.74) is 3.07. The first-order chi connectivity index (χ1) is 15.7. The lowest BCUT2D eigenvalue weighted by atomic mass is 10.0. The number of rotatable bonds is 6. The average Bonchev–Trinajstić information content (AvgIpc) is 3.28. The number of aromatic nitrogens is 4. The van der Waals surface area contributed by atoms with Gasteiger partial charge in [-0.2, -0.15) is 9.10 Å². The Morgan fingerprint density at radius 2 is 1.61 bits per heavy atom. The van der Waals surface area contributed by atoms with Gasteiger partial charge >= 0.3 is 0 Å². The second kappa shape index (κ2) is 9.40.